The van der Waals surface area contributed by atoms with Gasteiger partial charge in [0.25, 0.3) is 0 Å². The smallest absolute Gasteiger partial charge is 0.317 e. The lowest BCUT2D eigenvalue weighted by molar-refractivity contribution is 0.111. The molecular formula is C19H25N3O2. The fourth-order valence-electron chi connectivity index (χ4n) is 2.91. The Morgan fingerprint density at radius 2 is 1.83 bits per heavy atom. The number of carbonyl (C=O) groups is 1. The Balaban J connectivity index is 1.38. The molecule has 1 aromatic carbocycles. The molecule has 0 unspecified atom stereocenters. The van der Waals surface area contributed by atoms with Crippen LogP contribution >= 0.6 is 0 Å². The lowest BCUT2D eigenvalue weighted by Gasteiger charge is -2.32. The zero-order chi connectivity index (χ0) is 16.8. The number of urea groups is 1. The van der Waals surface area contributed by atoms with E-state index in [2.05, 4.69) is 28.9 Å². The zero-order valence-electron chi connectivity index (χ0n) is 14.1. The third kappa shape index (κ3) is 4.54. The van der Waals surface area contributed by atoms with E-state index in [1.54, 1.807) is 0 Å². The maximum atomic E-state index is 12.2. The van der Waals surface area contributed by atoms with Crippen LogP contribution in [-0.2, 0) is 6.54 Å². The van der Waals surface area contributed by atoms with Crippen molar-refractivity contribution in [3.8, 4) is 5.75 Å². The molecule has 5 heteroatoms. The van der Waals surface area contributed by atoms with Crippen LogP contribution in [0, 0.1) is 6.92 Å². The molecule has 1 saturated heterocycles. The third-order valence-corrected chi connectivity index (χ3v) is 4.37. The Morgan fingerprint density at radius 1 is 1.17 bits per heavy atom. The standard InChI is InChI=1S/C19H25N3O2/c1-16-4-6-17(7-5-16)24-18-8-13-22(14-9-18)19(23)20-10-15-21-11-2-3-12-21/h2-7,11-12,18H,8-10,13-15H2,1H3,(H,20,23). The number of piperidine rings is 1. The van der Waals surface area contributed by atoms with E-state index in [1.165, 1.54) is 5.56 Å². The average Bonchev–Trinajstić information content (AvgIpc) is 3.11. The molecule has 0 aliphatic carbocycles. The van der Waals surface area contributed by atoms with E-state index in [-0.39, 0.29) is 12.1 Å². The van der Waals surface area contributed by atoms with Gasteiger partial charge in [0.2, 0.25) is 0 Å². The molecule has 0 atom stereocenters. The van der Waals surface area contributed by atoms with Gasteiger partial charge in [0.05, 0.1) is 0 Å². The van der Waals surface area contributed by atoms with Gasteiger partial charge in [0.1, 0.15) is 11.9 Å². The Hall–Kier alpha value is -2.43. The number of nitrogens with zero attached hydrogens (tertiary/aromatic N) is 2. The highest BCUT2D eigenvalue weighted by atomic mass is 16.5. The molecular weight excluding hydrogens is 302 g/mol. The molecule has 5 nitrogen and oxygen atoms in total. The molecule has 1 aliphatic rings. The van der Waals surface area contributed by atoms with Crippen LogP contribution in [0.4, 0.5) is 4.79 Å². The average molecular weight is 327 g/mol. The second kappa shape index (κ2) is 7.90. The summed E-state index contributed by atoms with van der Waals surface area (Å²) >= 11 is 0. The number of carbonyl (C=O) groups excluding carboxylic acids is 1. The number of nitrogens with one attached hydrogen (secondary N) is 1. The van der Waals surface area contributed by atoms with Crippen LogP contribution in [0.15, 0.2) is 48.8 Å². The number of hydrogen-bond acceptors (Lipinski definition) is 2. The Bertz CT molecular complexity index is 629. The summed E-state index contributed by atoms with van der Waals surface area (Å²) in [6.45, 7) is 4.99. The van der Waals surface area contributed by atoms with Crippen LogP contribution in [0.25, 0.3) is 0 Å². The third-order valence-electron chi connectivity index (χ3n) is 4.37. The van der Waals surface area contributed by atoms with E-state index in [1.807, 2.05) is 41.6 Å². The first kappa shape index (κ1) is 16.4. The van der Waals surface area contributed by atoms with Gasteiger partial charge in [-0.05, 0) is 31.2 Å². The summed E-state index contributed by atoms with van der Waals surface area (Å²) in [5.41, 5.74) is 1.23. The number of aryl methyl sites for hydroxylation is 1. The molecule has 2 heterocycles. The summed E-state index contributed by atoms with van der Waals surface area (Å²) < 4.78 is 8.06. The summed E-state index contributed by atoms with van der Waals surface area (Å²) in [4.78, 5) is 14.1. The largest absolute Gasteiger partial charge is 0.490 e. The minimum atomic E-state index is 0.0240. The molecule has 0 spiro atoms. The molecule has 0 radical (unpaired) electrons. The van der Waals surface area contributed by atoms with Gasteiger partial charge in [0, 0.05) is 51.4 Å². The van der Waals surface area contributed by atoms with Gasteiger partial charge in [-0.15, -0.1) is 0 Å². The first-order chi connectivity index (χ1) is 11.7. The van der Waals surface area contributed by atoms with Crippen molar-refractivity contribution in [3.05, 3.63) is 54.4 Å². The maximum Gasteiger partial charge on any atom is 0.317 e. The van der Waals surface area contributed by atoms with Gasteiger partial charge < -0.3 is 19.5 Å². The van der Waals surface area contributed by atoms with Crippen LogP contribution < -0.4 is 10.1 Å². The van der Waals surface area contributed by atoms with E-state index in [9.17, 15) is 4.79 Å². The van der Waals surface area contributed by atoms with Crippen LogP contribution in [0.2, 0.25) is 0 Å². The molecule has 1 aromatic heterocycles. The normalized spacial score (nSPS) is 15.3. The number of benzene rings is 1. The summed E-state index contributed by atoms with van der Waals surface area (Å²) in [7, 11) is 0. The van der Waals surface area contributed by atoms with Crippen molar-refractivity contribution in [3.63, 3.8) is 0 Å². The quantitative estimate of drug-likeness (QED) is 0.917. The van der Waals surface area contributed by atoms with Crippen molar-refractivity contribution >= 4 is 6.03 Å². The van der Waals surface area contributed by atoms with E-state index < -0.39 is 0 Å². The van der Waals surface area contributed by atoms with Crippen LogP contribution in [0.5, 0.6) is 5.75 Å². The van der Waals surface area contributed by atoms with Crippen molar-refractivity contribution < 1.29 is 9.53 Å². The molecule has 2 aromatic rings. The zero-order valence-corrected chi connectivity index (χ0v) is 14.1. The predicted octanol–water partition coefficient (Wildman–Crippen LogP) is 3.05. The second-order valence-electron chi connectivity index (χ2n) is 6.27. The number of aromatic nitrogens is 1. The molecule has 3 rings (SSSR count). The summed E-state index contributed by atoms with van der Waals surface area (Å²) in [5, 5.41) is 2.99. The summed E-state index contributed by atoms with van der Waals surface area (Å²) in [5.74, 6) is 0.912. The SMILES string of the molecule is Cc1ccc(OC2CCN(C(=O)NCCn3cccc3)CC2)cc1. The van der Waals surface area contributed by atoms with Gasteiger partial charge in [-0.2, -0.15) is 0 Å². The Kier molecular flexibility index (Phi) is 5.41. The molecule has 1 N–H and O–H groups in total. The molecule has 1 fully saturated rings. The van der Waals surface area contributed by atoms with Crippen LogP contribution in [-0.4, -0.2) is 41.2 Å². The minimum Gasteiger partial charge on any atom is -0.490 e. The monoisotopic (exact) mass is 327 g/mol. The Morgan fingerprint density at radius 3 is 2.50 bits per heavy atom. The first-order valence-corrected chi connectivity index (χ1v) is 8.57. The van der Waals surface area contributed by atoms with E-state index in [0.29, 0.717) is 6.54 Å². The van der Waals surface area contributed by atoms with Gasteiger partial charge in [-0.25, -0.2) is 4.79 Å². The predicted molar refractivity (Wildman–Crippen MR) is 94.2 cm³/mol. The highest BCUT2D eigenvalue weighted by Crippen LogP contribution is 2.19. The van der Waals surface area contributed by atoms with Crippen LogP contribution in [0.1, 0.15) is 18.4 Å². The van der Waals surface area contributed by atoms with Crippen molar-refractivity contribution in [1.29, 1.82) is 0 Å². The molecule has 128 valence electrons. The van der Waals surface area contributed by atoms with Gasteiger partial charge in [0.15, 0.2) is 0 Å². The van der Waals surface area contributed by atoms with E-state index >= 15 is 0 Å². The number of hydrogen-bond donors (Lipinski definition) is 1. The van der Waals surface area contributed by atoms with E-state index in [0.717, 1.165) is 38.2 Å². The van der Waals surface area contributed by atoms with Crippen molar-refractivity contribution in [2.45, 2.75) is 32.4 Å². The minimum absolute atomic E-state index is 0.0240. The van der Waals surface area contributed by atoms with E-state index in [4.69, 9.17) is 4.74 Å². The second-order valence-corrected chi connectivity index (χ2v) is 6.27. The highest BCUT2D eigenvalue weighted by molar-refractivity contribution is 5.74. The van der Waals surface area contributed by atoms with Gasteiger partial charge >= 0.3 is 6.03 Å². The topological polar surface area (TPSA) is 46.5 Å². The molecule has 1 aliphatic heterocycles. The number of amides is 2. The molecule has 2 amide bonds. The number of rotatable bonds is 5. The summed E-state index contributed by atoms with van der Waals surface area (Å²) in [6.07, 6.45) is 5.94. The fourth-order valence-corrected chi connectivity index (χ4v) is 2.91. The summed E-state index contributed by atoms with van der Waals surface area (Å²) in [6, 6.07) is 12.1. The molecule has 0 saturated carbocycles. The van der Waals surface area contributed by atoms with Crippen LogP contribution in [0.3, 0.4) is 0 Å². The lowest BCUT2D eigenvalue weighted by Crippen LogP contribution is -2.47. The van der Waals surface area contributed by atoms with Gasteiger partial charge in [-0.1, -0.05) is 17.7 Å². The fraction of sp³-hybridized carbons (Fsp3) is 0.421. The van der Waals surface area contributed by atoms with Crippen molar-refractivity contribution in [1.82, 2.24) is 14.8 Å². The number of likely N-dealkylation sites (tertiary alicyclic amines) is 1. The van der Waals surface area contributed by atoms with Crippen molar-refractivity contribution in [2.75, 3.05) is 19.6 Å². The molecule has 24 heavy (non-hydrogen) atoms. The first-order valence-electron chi connectivity index (χ1n) is 8.57. The lowest BCUT2D eigenvalue weighted by atomic mass is 10.1. The van der Waals surface area contributed by atoms with Gasteiger partial charge in [-0.3, -0.25) is 0 Å². The molecule has 0 bridgehead atoms. The highest BCUT2D eigenvalue weighted by Gasteiger charge is 2.23. The Labute approximate surface area is 143 Å². The maximum absolute atomic E-state index is 12.2. The van der Waals surface area contributed by atoms with Crippen molar-refractivity contribution in [2.24, 2.45) is 0 Å². The number of ether oxygens (including phenoxy) is 1.